The number of hydrogen-bond donors (Lipinski definition) is 0. The molecule has 4 nitrogen and oxygen atoms in total. The number of methoxy groups -OCH3 is 1. The van der Waals surface area contributed by atoms with E-state index < -0.39 is 0 Å². The molecule has 1 aromatic heterocycles. The Balaban J connectivity index is 2.32. The van der Waals surface area contributed by atoms with E-state index in [0.717, 1.165) is 36.9 Å². The van der Waals surface area contributed by atoms with Crippen LogP contribution in [-0.4, -0.2) is 36.8 Å². The summed E-state index contributed by atoms with van der Waals surface area (Å²) in [5.41, 5.74) is 0.871. The van der Waals surface area contributed by atoms with Gasteiger partial charge in [-0.2, -0.15) is 0 Å². The number of ether oxygens (including phenoxy) is 1. The molecule has 0 N–H and O–H groups in total. The Morgan fingerprint density at radius 3 is 2.67 bits per heavy atom. The van der Waals surface area contributed by atoms with Crippen LogP contribution in [0.2, 0.25) is 5.15 Å². The van der Waals surface area contributed by atoms with Crippen LogP contribution in [0, 0.1) is 12.8 Å². The largest absolute Gasteiger partial charge is 0.384 e. The van der Waals surface area contributed by atoms with Gasteiger partial charge in [-0.15, -0.1) is 0 Å². The fourth-order valence-corrected chi connectivity index (χ4v) is 2.92. The third-order valence-electron chi connectivity index (χ3n) is 3.95. The molecule has 1 aliphatic rings. The van der Waals surface area contributed by atoms with Crippen LogP contribution >= 0.6 is 11.6 Å². The van der Waals surface area contributed by atoms with Crippen molar-refractivity contribution in [1.29, 1.82) is 0 Å². The topological polar surface area (TPSA) is 38.2 Å². The quantitative estimate of drug-likeness (QED) is 0.799. The first-order valence-corrected chi connectivity index (χ1v) is 7.99. The molecule has 1 saturated heterocycles. The molecule has 2 heterocycles. The Morgan fingerprint density at radius 1 is 1.33 bits per heavy atom. The van der Waals surface area contributed by atoms with Gasteiger partial charge in [0, 0.05) is 31.2 Å². The van der Waals surface area contributed by atoms with Crippen LogP contribution in [0.4, 0.5) is 5.82 Å². The maximum Gasteiger partial charge on any atom is 0.137 e. The highest BCUT2D eigenvalue weighted by Crippen LogP contribution is 2.30. The zero-order valence-electron chi connectivity index (χ0n) is 13.7. The minimum atomic E-state index is -0.103. The molecule has 0 aliphatic carbocycles. The van der Waals surface area contributed by atoms with E-state index in [1.165, 1.54) is 12.8 Å². The number of hydrogen-bond acceptors (Lipinski definition) is 4. The highest BCUT2D eigenvalue weighted by Gasteiger charge is 2.26. The predicted molar refractivity (Wildman–Crippen MR) is 87.3 cm³/mol. The first kappa shape index (κ1) is 16.5. The molecule has 0 amide bonds. The van der Waals surface area contributed by atoms with Gasteiger partial charge in [0.1, 0.15) is 16.8 Å². The lowest BCUT2D eigenvalue weighted by molar-refractivity contribution is 0.143. The van der Waals surface area contributed by atoms with Crippen LogP contribution in [-0.2, 0) is 10.2 Å². The highest BCUT2D eigenvalue weighted by molar-refractivity contribution is 6.30. The molecule has 21 heavy (non-hydrogen) atoms. The van der Waals surface area contributed by atoms with E-state index in [0.29, 0.717) is 11.1 Å². The SMILES string of the molecule is COCC1CCCN(c2nc(C(C)(C)C)nc(Cl)c2C)C1. The molecule has 2 rings (SSSR count). The average molecular weight is 312 g/mol. The summed E-state index contributed by atoms with van der Waals surface area (Å²) < 4.78 is 5.31. The third kappa shape index (κ3) is 3.86. The summed E-state index contributed by atoms with van der Waals surface area (Å²) >= 11 is 6.34. The summed E-state index contributed by atoms with van der Waals surface area (Å²) in [6, 6.07) is 0. The van der Waals surface area contributed by atoms with Crippen molar-refractivity contribution in [2.24, 2.45) is 5.92 Å². The summed E-state index contributed by atoms with van der Waals surface area (Å²) in [7, 11) is 1.77. The van der Waals surface area contributed by atoms with Gasteiger partial charge in [0.05, 0.1) is 6.61 Å². The van der Waals surface area contributed by atoms with Crippen molar-refractivity contribution in [3.8, 4) is 0 Å². The monoisotopic (exact) mass is 311 g/mol. The van der Waals surface area contributed by atoms with E-state index in [9.17, 15) is 0 Å². The van der Waals surface area contributed by atoms with E-state index >= 15 is 0 Å². The molecular formula is C16H26ClN3O. The van der Waals surface area contributed by atoms with Crippen molar-refractivity contribution in [2.75, 3.05) is 31.7 Å². The first-order valence-electron chi connectivity index (χ1n) is 7.61. The van der Waals surface area contributed by atoms with E-state index in [1.807, 2.05) is 6.92 Å². The molecule has 0 spiro atoms. The third-order valence-corrected chi connectivity index (χ3v) is 4.32. The molecule has 1 aliphatic heterocycles. The number of anilines is 1. The zero-order valence-corrected chi connectivity index (χ0v) is 14.5. The summed E-state index contributed by atoms with van der Waals surface area (Å²) in [5, 5.41) is 0.568. The summed E-state index contributed by atoms with van der Waals surface area (Å²) in [6.07, 6.45) is 2.38. The van der Waals surface area contributed by atoms with Gasteiger partial charge in [0.15, 0.2) is 0 Å². The lowest BCUT2D eigenvalue weighted by Crippen LogP contribution is -2.38. The molecular weight excluding hydrogens is 286 g/mol. The standard InChI is InChI=1S/C16H26ClN3O/c1-11-13(17)18-15(16(2,3)4)19-14(11)20-8-6-7-12(9-20)10-21-5/h12H,6-10H2,1-5H3. The number of halogens is 1. The van der Waals surface area contributed by atoms with E-state index in [4.69, 9.17) is 21.3 Å². The molecule has 0 aromatic carbocycles. The number of rotatable bonds is 3. The number of piperidine rings is 1. The van der Waals surface area contributed by atoms with Crippen molar-refractivity contribution in [1.82, 2.24) is 9.97 Å². The molecule has 1 aromatic rings. The van der Waals surface area contributed by atoms with Crippen molar-refractivity contribution in [3.05, 3.63) is 16.5 Å². The summed E-state index contributed by atoms with van der Waals surface area (Å²) in [5.74, 6) is 2.36. The fourth-order valence-electron chi connectivity index (χ4n) is 2.75. The van der Waals surface area contributed by atoms with Crippen LogP contribution in [0.3, 0.4) is 0 Å². The van der Waals surface area contributed by atoms with Crippen LogP contribution in [0.1, 0.15) is 45.0 Å². The maximum absolute atomic E-state index is 6.34. The fraction of sp³-hybridized carbons (Fsp3) is 0.750. The van der Waals surface area contributed by atoms with Crippen LogP contribution in [0.5, 0.6) is 0 Å². The van der Waals surface area contributed by atoms with Gasteiger partial charge in [-0.25, -0.2) is 9.97 Å². The van der Waals surface area contributed by atoms with Crippen LogP contribution in [0.25, 0.3) is 0 Å². The van der Waals surface area contributed by atoms with E-state index in [1.54, 1.807) is 7.11 Å². The van der Waals surface area contributed by atoms with Gasteiger partial charge in [0.2, 0.25) is 0 Å². The lowest BCUT2D eigenvalue weighted by Gasteiger charge is -2.34. The Hall–Kier alpha value is -0.870. The molecule has 0 bridgehead atoms. The predicted octanol–water partition coefficient (Wildman–Crippen LogP) is 3.60. The minimum Gasteiger partial charge on any atom is -0.384 e. The maximum atomic E-state index is 6.34. The average Bonchev–Trinajstić information content (AvgIpc) is 2.41. The summed E-state index contributed by atoms with van der Waals surface area (Å²) in [4.78, 5) is 11.6. The van der Waals surface area contributed by atoms with Crippen LogP contribution in [0.15, 0.2) is 0 Å². The highest BCUT2D eigenvalue weighted by atomic mass is 35.5. The lowest BCUT2D eigenvalue weighted by atomic mass is 9.95. The van der Waals surface area contributed by atoms with Crippen molar-refractivity contribution >= 4 is 17.4 Å². The molecule has 1 atom stereocenters. The van der Waals surface area contributed by atoms with Gasteiger partial charge in [-0.3, -0.25) is 0 Å². The van der Waals surface area contributed by atoms with E-state index in [-0.39, 0.29) is 5.41 Å². The van der Waals surface area contributed by atoms with Crippen molar-refractivity contribution in [2.45, 2.75) is 46.0 Å². The Labute approximate surface area is 132 Å². The van der Waals surface area contributed by atoms with Gasteiger partial charge >= 0.3 is 0 Å². The second kappa shape index (κ2) is 6.49. The van der Waals surface area contributed by atoms with Gasteiger partial charge in [0.25, 0.3) is 0 Å². The molecule has 5 heteroatoms. The molecule has 1 fully saturated rings. The van der Waals surface area contributed by atoms with E-state index in [2.05, 4.69) is 30.7 Å². The van der Waals surface area contributed by atoms with Gasteiger partial charge in [-0.1, -0.05) is 32.4 Å². The van der Waals surface area contributed by atoms with Crippen LogP contribution < -0.4 is 4.90 Å². The van der Waals surface area contributed by atoms with Crippen molar-refractivity contribution < 1.29 is 4.74 Å². The molecule has 1 unspecified atom stereocenters. The minimum absolute atomic E-state index is 0.103. The second-order valence-corrected chi connectivity index (χ2v) is 7.30. The zero-order chi connectivity index (χ0) is 15.6. The van der Waals surface area contributed by atoms with Gasteiger partial charge < -0.3 is 9.64 Å². The molecule has 118 valence electrons. The molecule has 0 radical (unpaired) electrons. The Bertz CT molecular complexity index is 497. The normalized spacial score (nSPS) is 19.9. The Morgan fingerprint density at radius 2 is 2.05 bits per heavy atom. The Kier molecular flexibility index (Phi) is 5.10. The van der Waals surface area contributed by atoms with Crippen molar-refractivity contribution in [3.63, 3.8) is 0 Å². The molecule has 0 saturated carbocycles. The van der Waals surface area contributed by atoms with Gasteiger partial charge in [-0.05, 0) is 25.7 Å². The second-order valence-electron chi connectivity index (χ2n) is 6.95. The number of aromatic nitrogens is 2. The smallest absolute Gasteiger partial charge is 0.137 e. The first-order chi connectivity index (χ1) is 9.82. The summed E-state index contributed by atoms with van der Waals surface area (Å²) in [6.45, 7) is 11.2. The number of nitrogens with zero attached hydrogens (tertiary/aromatic N) is 3.